The molecule has 0 saturated carbocycles. The first kappa shape index (κ1) is 16.4. The van der Waals surface area contributed by atoms with Gasteiger partial charge in [-0.3, -0.25) is 0 Å². The third-order valence-electron chi connectivity index (χ3n) is 3.13. The van der Waals surface area contributed by atoms with Gasteiger partial charge in [0.05, 0.1) is 12.0 Å². The van der Waals surface area contributed by atoms with Crippen molar-refractivity contribution in [3.05, 3.63) is 59.7 Å². The maximum Gasteiger partial charge on any atom is 0.241 e. The fourth-order valence-electron chi connectivity index (χ4n) is 1.97. The zero-order valence-electron chi connectivity index (χ0n) is 12.0. The van der Waals surface area contributed by atoms with Crippen molar-refractivity contribution in [1.29, 1.82) is 0 Å². The van der Waals surface area contributed by atoms with Crippen molar-refractivity contribution < 1.29 is 21.9 Å². The smallest absolute Gasteiger partial charge is 0.241 e. The van der Waals surface area contributed by atoms with Gasteiger partial charge >= 0.3 is 0 Å². The molecule has 7 heteroatoms. The molecule has 2 aromatic rings. The number of hydrogen-bond acceptors (Lipinski definition) is 3. The van der Waals surface area contributed by atoms with Crippen molar-refractivity contribution >= 4 is 10.0 Å². The maximum absolute atomic E-state index is 13.7. The Hall–Kier alpha value is -1.99. The molecule has 1 N–H and O–H groups in total. The van der Waals surface area contributed by atoms with Crippen LogP contribution in [0.5, 0.6) is 5.75 Å². The first-order chi connectivity index (χ1) is 10.3. The van der Waals surface area contributed by atoms with Crippen LogP contribution in [-0.2, 0) is 10.0 Å². The molecule has 0 aliphatic carbocycles. The second-order valence-electron chi connectivity index (χ2n) is 4.68. The van der Waals surface area contributed by atoms with E-state index in [1.807, 2.05) is 0 Å². The van der Waals surface area contributed by atoms with Crippen LogP contribution in [0.1, 0.15) is 18.5 Å². The van der Waals surface area contributed by atoms with Gasteiger partial charge in [-0.1, -0.05) is 6.07 Å². The Kier molecular flexibility index (Phi) is 4.77. The molecule has 0 aliphatic rings. The lowest BCUT2D eigenvalue weighted by molar-refractivity contribution is 0.414. The van der Waals surface area contributed by atoms with Crippen molar-refractivity contribution in [2.75, 3.05) is 7.11 Å². The third kappa shape index (κ3) is 3.61. The van der Waals surface area contributed by atoms with Gasteiger partial charge in [-0.05, 0) is 37.3 Å². The number of nitrogens with one attached hydrogen (secondary N) is 1. The summed E-state index contributed by atoms with van der Waals surface area (Å²) in [6, 6.07) is 7.96. The molecule has 0 bridgehead atoms. The lowest BCUT2D eigenvalue weighted by Crippen LogP contribution is -2.27. The van der Waals surface area contributed by atoms with Crippen molar-refractivity contribution in [2.24, 2.45) is 0 Å². The van der Waals surface area contributed by atoms with Gasteiger partial charge in [0.25, 0.3) is 0 Å². The lowest BCUT2D eigenvalue weighted by Gasteiger charge is -2.15. The summed E-state index contributed by atoms with van der Waals surface area (Å²) in [5.74, 6) is -0.993. The Balaban J connectivity index is 2.23. The van der Waals surface area contributed by atoms with Crippen LogP contribution in [-0.4, -0.2) is 15.5 Å². The van der Waals surface area contributed by atoms with Gasteiger partial charge in [0.15, 0.2) is 0 Å². The molecule has 4 nitrogen and oxygen atoms in total. The highest BCUT2D eigenvalue weighted by atomic mass is 32.2. The summed E-state index contributed by atoms with van der Waals surface area (Å²) in [6.45, 7) is 1.48. The van der Waals surface area contributed by atoms with Crippen molar-refractivity contribution in [3.8, 4) is 5.75 Å². The average molecular weight is 327 g/mol. The van der Waals surface area contributed by atoms with E-state index in [0.29, 0.717) is 11.8 Å². The largest absolute Gasteiger partial charge is 0.497 e. The number of ether oxygens (including phenoxy) is 1. The Morgan fingerprint density at radius 1 is 1.09 bits per heavy atom. The molecule has 0 fully saturated rings. The van der Waals surface area contributed by atoms with Gasteiger partial charge in [0, 0.05) is 17.7 Å². The molecule has 0 aliphatic heterocycles. The first-order valence-corrected chi connectivity index (χ1v) is 7.93. The van der Waals surface area contributed by atoms with Crippen molar-refractivity contribution in [1.82, 2.24) is 4.72 Å². The number of hydrogen-bond donors (Lipinski definition) is 1. The fourth-order valence-corrected chi connectivity index (χ4v) is 3.19. The molecule has 22 heavy (non-hydrogen) atoms. The minimum absolute atomic E-state index is 0.0302. The molecule has 0 saturated heterocycles. The van der Waals surface area contributed by atoms with E-state index in [0.717, 1.165) is 6.07 Å². The van der Waals surface area contributed by atoms with E-state index in [2.05, 4.69) is 4.72 Å². The highest BCUT2D eigenvalue weighted by Crippen LogP contribution is 2.21. The van der Waals surface area contributed by atoms with Crippen molar-refractivity contribution in [2.45, 2.75) is 17.9 Å². The molecule has 0 heterocycles. The van der Waals surface area contributed by atoms with Crippen LogP contribution in [0.4, 0.5) is 8.78 Å². The number of methoxy groups -OCH3 is 1. The van der Waals surface area contributed by atoms with Crippen LogP contribution in [0, 0.1) is 11.6 Å². The monoisotopic (exact) mass is 327 g/mol. The number of sulfonamides is 1. The molecular weight excluding hydrogens is 312 g/mol. The minimum Gasteiger partial charge on any atom is -0.497 e. The van der Waals surface area contributed by atoms with Gasteiger partial charge in [0.1, 0.15) is 17.4 Å². The third-order valence-corrected chi connectivity index (χ3v) is 4.69. The average Bonchev–Trinajstić information content (AvgIpc) is 2.46. The Morgan fingerprint density at radius 3 is 2.27 bits per heavy atom. The second kappa shape index (κ2) is 6.41. The Bertz CT molecular complexity index is 761. The lowest BCUT2D eigenvalue weighted by atomic mass is 10.1. The van der Waals surface area contributed by atoms with Gasteiger partial charge in [-0.25, -0.2) is 21.9 Å². The summed E-state index contributed by atoms with van der Waals surface area (Å²) in [6.07, 6.45) is 0. The van der Waals surface area contributed by atoms with Gasteiger partial charge in [-0.15, -0.1) is 0 Å². The van der Waals surface area contributed by atoms with Crippen LogP contribution >= 0.6 is 0 Å². The quantitative estimate of drug-likeness (QED) is 0.918. The van der Waals surface area contributed by atoms with E-state index in [4.69, 9.17) is 4.74 Å². The topological polar surface area (TPSA) is 55.4 Å². The van der Waals surface area contributed by atoms with E-state index >= 15 is 0 Å². The molecule has 0 aromatic heterocycles. The van der Waals surface area contributed by atoms with E-state index in [-0.39, 0.29) is 10.5 Å². The summed E-state index contributed by atoms with van der Waals surface area (Å²) in [5, 5.41) is 0. The molecule has 118 valence electrons. The zero-order valence-corrected chi connectivity index (χ0v) is 12.8. The molecule has 0 unspecified atom stereocenters. The molecular formula is C15H15F2NO3S. The van der Waals surface area contributed by atoms with E-state index in [1.54, 1.807) is 0 Å². The SMILES string of the molecule is COc1ccc(S(=O)(=O)N[C@H](C)c2ccc(F)cc2F)cc1. The summed E-state index contributed by atoms with van der Waals surface area (Å²) in [7, 11) is -2.35. The zero-order chi connectivity index (χ0) is 16.3. The summed E-state index contributed by atoms with van der Waals surface area (Å²) in [4.78, 5) is 0.0302. The Labute approximate surface area is 127 Å². The predicted molar refractivity (Wildman–Crippen MR) is 78.1 cm³/mol. The van der Waals surface area contributed by atoms with E-state index in [1.165, 1.54) is 44.4 Å². The van der Waals surface area contributed by atoms with E-state index in [9.17, 15) is 17.2 Å². The van der Waals surface area contributed by atoms with Crippen LogP contribution in [0.25, 0.3) is 0 Å². The van der Waals surface area contributed by atoms with Gasteiger partial charge in [0.2, 0.25) is 10.0 Å². The van der Waals surface area contributed by atoms with Gasteiger partial charge < -0.3 is 4.74 Å². The highest BCUT2D eigenvalue weighted by molar-refractivity contribution is 7.89. The standard InChI is InChI=1S/C15H15F2NO3S/c1-10(14-8-3-11(16)9-15(14)17)18-22(19,20)13-6-4-12(21-2)5-7-13/h3-10,18H,1-2H3/t10-/m1/s1. The summed E-state index contributed by atoms with van der Waals surface area (Å²) >= 11 is 0. The molecule has 0 amide bonds. The van der Waals surface area contributed by atoms with Crippen LogP contribution in [0.2, 0.25) is 0 Å². The fraction of sp³-hybridized carbons (Fsp3) is 0.200. The molecule has 0 spiro atoms. The summed E-state index contributed by atoms with van der Waals surface area (Å²) < 4.78 is 58.4. The first-order valence-electron chi connectivity index (χ1n) is 6.45. The van der Waals surface area contributed by atoms with Crippen LogP contribution in [0.3, 0.4) is 0 Å². The number of rotatable bonds is 5. The van der Waals surface area contributed by atoms with Crippen LogP contribution < -0.4 is 9.46 Å². The van der Waals surface area contributed by atoms with Gasteiger partial charge in [-0.2, -0.15) is 0 Å². The second-order valence-corrected chi connectivity index (χ2v) is 6.40. The number of halogens is 2. The normalized spacial score (nSPS) is 12.9. The molecule has 2 rings (SSSR count). The molecule has 2 aromatic carbocycles. The molecule has 0 radical (unpaired) electrons. The maximum atomic E-state index is 13.7. The summed E-state index contributed by atoms with van der Waals surface area (Å²) in [5.41, 5.74) is 0.0680. The van der Waals surface area contributed by atoms with Crippen LogP contribution in [0.15, 0.2) is 47.4 Å². The van der Waals surface area contributed by atoms with Crippen molar-refractivity contribution in [3.63, 3.8) is 0 Å². The number of benzene rings is 2. The Morgan fingerprint density at radius 2 is 1.73 bits per heavy atom. The molecule has 1 atom stereocenters. The van der Waals surface area contributed by atoms with E-state index < -0.39 is 27.7 Å². The minimum atomic E-state index is -3.83. The highest BCUT2D eigenvalue weighted by Gasteiger charge is 2.20. The predicted octanol–water partition coefficient (Wildman–Crippen LogP) is 3.01.